The van der Waals surface area contributed by atoms with Crippen LogP contribution in [0.25, 0.3) is 11.2 Å². The van der Waals surface area contributed by atoms with Crippen LogP contribution < -0.4 is 5.73 Å². The van der Waals surface area contributed by atoms with Crippen molar-refractivity contribution in [3.63, 3.8) is 0 Å². The molecule has 11 heteroatoms. The number of likely N-dealkylation sites (N-methyl/N-ethyl adjacent to an activating group) is 1. The zero-order valence-corrected chi connectivity index (χ0v) is 14.3. The van der Waals surface area contributed by atoms with Crippen LogP contribution in [-0.2, 0) is 14.3 Å². The predicted molar refractivity (Wildman–Crippen MR) is 89.8 cm³/mol. The fourth-order valence-corrected chi connectivity index (χ4v) is 3.03. The number of hydrogen-bond donors (Lipinski definition) is 3. The summed E-state index contributed by atoms with van der Waals surface area (Å²) in [5, 5.41) is 20.8. The van der Waals surface area contributed by atoms with Gasteiger partial charge in [-0.2, -0.15) is 0 Å². The number of carbonyl (C=O) groups excluding carboxylic acids is 1. The summed E-state index contributed by atoms with van der Waals surface area (Å²) in [6.45, 7) is 1.80. The van der Waals surface area contributed by atoms with Gasteiger partial charge >= 0.3 is 0 Å². The molecule has 142 valence electrons. The highest BCUT2D eigenvalue weighted by Crippen LogP contribution is 2.32. The van der Waals surface area contributed by atoms with Crippen molar-refractivity contribution in [1.82, 2.24) is 24.4 Å². The Morgan fingerprint density at radius 3 is 2.96 bits per heavy atom. The smallest absolute Gasteiger partial charge is 0.293 e. The van der Waals surface area contributed by atoms with Crippen molar-refractivity contribution in [2.75, 3.05) is 32.5 Å². The molecule has 11 nitrogen and oxygen atoms in total. The van der Waals surface area contributed by atoms with Crippen molar-refractivity contribution in [3.8, 4) is 0 Å². The van der Waals surface area contributed by atoms with Gasteiger partial charge in [0.15, 0.2) is 17.7 Å². The van der Waals surface area contributed by atoms with Crippen LogP contribution in [0.4, 0.5) is 5.82 Å². The molecule has 2 unspecified atom stereocenters. The molecule has 3 rings (SSSR count). The lowest BCUT2D eigenvalue weighted by atomic mass is 10.1. The highest BCUT2D eigenvalue weighted by molar-refractivity contribution is 5.81. The molecule has 1 aliphatic heterocycles. The van der Waals surface area contributed by atoms with Crippen molar-refractivity contribution in [2.45, 2.75) is 31.0 Å². The highest BCUT2D eigenvalue weighted by atomic mass is 16.6. The van der Waals surface area contributed by atoms with Gasteiger partial charge in [0.25, 0.3) is 6.47 Å². The monoisotopic (exact) mass is 366 g/mol. The fraction of sp³-hybridized carbons (Fsp3) is 0.600. The zero-order chi connectivity index (χ0) is 18.7. The van der Waals surface area contributed by atoms with Gasteiger partial charge in [0.05, 0.1) is 12.9 Å². The number of ether oxygens (including phenoxy) is 2. The number of rotatable bonds is 8. The summed E-state index contributed by atoms with van der Waals surface area (Å²) in [6.07, 6.45) is -0.207. The van der Waals surface area contributed by atoms with Crippen LogP contribution in [0.2, 0.25) is 0 Å². The average Bonchev–Trinajstić information content (AvgIpc) is 3.16. The van der Waals surface area contributed by atoms with E-state index in [1.807, 2.05) is 11.9 Å². The van der Waals surface area contributed by atoms with E-state index in [0.29, 0.717) is 43.8 Å². The molecule has 2 aromatic rings. The summed E-state index contributed by atoms with van der Waals surface area (Å²) < 4.78 is 12.1. The second-order valence-electron chi connectivity index (χ2n) is 6.21. The number of fused-ring (bicyclic) bond motifs is 1. The van der Waals surface area contributed by atoms with Crippen LogP contribution in [0.5, 0.6) is 0 Å². The predicted octanol–water partition coefficient (Wildman–Crippen LogP) is -1.48. The lowest BCUT2D eigenvalue weighted by Gasteiger charge is -2.22. The van der Waals surface area contributed by atoms with Crippen molar-refractivity contribution in [1.29, 1.82) is 0 Å². The van der Waals surface area contributed by atoms with Crippen LogP contribution >= 0.6 is 0 Å². The third kappa shape index (κ3) is 3.60. The number of nitrogens with zero attached hydrogens (tertiary/aromatic N) is 5. The third-order valence-electron chi connectivity index (χ3n) is 4.36. The van der Waals surface area contributed by atoms with Gasteiger partial charge in [-0.15, -0.1) is 0 Å². The fourth-order valence-electron chi connectivity index (χ4n) is 3.03. The molecular weight excluding hydrogens is 344 g/mol. The third-order valence-corrected chi connectivity index (χ3v) is 4.36. The lowest BCUT2D eigenvalue weighted by molar-refractivity contribution is -0.128. The minimum atomic E-state index is -1.14. The second kappa shape index (κ2) is 7.91. The molecule has 26 heavy (non-hydrogen) atoms. The molecule has 0 saturated carbocycles. The van der Waals surface area contributed by atoms with Crippen LogP contribution in [0.3, 0.4) is 0 Å². The first kappa shape index (κ1) is 18.5. The molecule has 3 heterocycles. The molecule has 0 bridgehead atoms. The van der Waals surface area contributed by atoms with Crippen LogP contribution in [0, 0.1) is 0 Å². The van der Waals surface area contributed by atoms with E-state index in [-0.39, 0.29) is 5.82 Å². The Labute approximate surface area is 149 Å². The van der Waals surface area contributed by atoms with E-state index in [1.54, 1.807) is 4.57 Å². The maximum absolute atomic E-state index is 10.4. The molecule has 2 aromatic heterocycles. The summed E-state index contributed by atoms with van der Waals surface area (Å²) in [4.78, 5) is 24.2. The van der Waals surface area contributed by atoms with Gasteiger partial charge in [-0.05, 0) is 13.5 Å². The molecular formula is C15H22N6O5. The lowest BCUT2D eigenvalue weighted by Crippen LogP contribution is -2.39. The molecule has 4 atom stereocenters. The maximum atomic E-state index is 10.4. The van der Waals surface area contributed by atoms with E-state index in [1.165, 1.54) is 12.7 Å². The molecule has 0 radical (unpaired) electrons. The number of carbonyl (C=O) groups is 1. The van der Waals surface area contributed by atoms with E-state index < -0.39 is 24.5 Å². The molecule has 1 fully saturated rings. The molecule has 4 N–H and O–H groups in total. The molecule has 0 spiro atoms. The van der Waals surface area contributed by atoms with Gasteiger partial charge < -0.3 is 30.3 Å². The van der Waals surface area contributed by atoms with Gasteiger partial charge in [-0.25, -0.2) is 15.0 Å². The Morgan fingerprint density at radius 2 is 2.19 bits per heavy atom. The molecule has 0 aromatic carbocycles. The topological polar surface area (TPSA) is 149 Å². The molecule has 1 aliphatic rings. The Hall–Kier alpha value is -2.34. The standard InChI is InChI=1S/C15H22N6O5/c1-20(3-2-4-25-8-22)5-9-11(23)12(24)15(26-9)21-7-19-10-13(16)17-6-18-14(10)21/h6-9,11-12,15,23-24H,2-5H2,1H3,(H2,16,17,18)/t9?,11-,12-,15?/m1/s1. The number of anilines is 1. The van der Waals surface area contributed by atoms with Gasteiger partial charge in [0.2, 0.25) is 0 Å². The number of nitrogens with two attached hydrogens (primary N) is 1. The highest BCUT2D eigenvalue weighted by Gasteiger charge is 2.44. The Balaban J connectivity index is 1.67. The average molecular weight is 366 g/mol. The summed E-state index contributed by atoms with van der Waals surface area (Å²) in [5.41, 5.74) is 6.61. The number of nitrogen functional groups attached to an aromatic ring is 1. The van der Waals surface area contributed by atoms with Gasteiger partial charge in [0.1, 0.15) is 30.2 Å². The summed E-state index contributed by atoms with van der Waals surface area (Å²) in [7, 11) is 1.86. The van der Waals surface area contributed by atoms with Gasteiger partial charge in [0, 0.05) is 13.1 Å². The summed E-state index contributed by atoms with van der Waals surface area (Å²) >= 11 is 0. The molecule has 0 aliphatic carbocycles. The minimum Gasteiger partial charge on any atom is -0.468 e. The molecule has 1 saturated heterocycles. The first-order valence-corrected chi connectivity index (χ1v) is 8.21. The minimum absolute atomic E-state index is 0.232. The molecule has 0 amide bonds. The number of aromatic nitrogens is 4. The van der Waals surface area contributed by atoms with Crippen molar-refractivity contribution >= 4 is 23.5 Å². The largest absolute Gasteiger partial charge is 0.468 e. The van der Waals surface area contributed by atoms with Gasteiger partial charge in [-0.3, -0.25) is 9.36 Å². The van der Waals surface area contributed by atoms with E-state index in [4.69, 9.17) is 10.5 Å². The van der Waals surface area contributed by atoms with Gasteiger partial charge in [-0.1, -0.05) is 0 Å². The van der Waals surface area contributed by atoms with E-state index in [0.717, 1.165) is 0 Å². The first-order chi connectivity index (χ1) is 12.5. The van der Waals surface area contributed by atoms with E-state index in [9.17, 15) is 15.0 Å². The van der Waals surface area contributed by atoms with Crippen LogP contribution in [-0.4, -0.2) is 86.2 Å². The first-order valence-electron chi connectivity index (χ1n) is 8.21. The Bertz CT molecular complexity index is 755. The number of aliphatic hydroxyl groups excluding tert-OH is 2. The van der Waals surface area contributed by atoms with E-state index in [2.05, 4.69) is 19.7 Å². The number of aliphatic hydroxyl groups is 2. The van der Waals surface area contributed by atoms with Crippen molar-refractivity contribution < 1.29 is 24.5 Å². The normalized spacial score (nSPS) is 25.8. The van der Waals surface area contributed by atoms with Crippen molar-refractivity contribution in [3.05, 3.63) is 12.7 Å². The second-order valence-corrected chi connectivity index (χ2v) is 6.21. The summed E-state index contributed by atoms with van der Waals surface area (Å²) in [5.74, 6) is 0.232. The summed E-state index contributed by atoms with van der Waals surface area (Å²) in [6, 6.07) is 0. The Kier molecular flexibility index (Phi) is 5.61. The Morgan fingerprint density at radius 1 is 1.38 bits per heavy atom. The van der Waals surface area contributed by atoms with Crippen LogP contribution in [0.15, 0.2) is 12.7 Å². The number of hydrogen-bond acceptors (Lipinski definition) is 10. The zero-order valence-electron chi connectivity index (χ0n) is 14.3. The quantitative estimate of drug-likeness (QED) is 0.373. The maximum Gasteiger partial charge on any atom is 0.293 e. The number of imidazole rings is 1. The van der Waals surface area contributed by atoms with Crippen LogP contribution in [0.1, 0.15) is 12.6 Å². The van der Waals surface area contributed by atoms with Crippen molar-refractivity contribution in [2.24, 2.45) is 0 Å². The SMILES string of the molecule is CN(CCCOC=O)CC1OC(n2cnc3c(N)ncnc32)[C@H](O)[C@@H]1O. The van der Waals surface area contributed by atoms with E-state index >= 15 is 0 Å².